The lowest BCUT2D eigenvalue weighted by Crippen LogP contribution is -2.17. The summed E-state index contributed by atoms with van der Waals surface area (Å²) in [4.78, 5) is 18.5. The topological polar surface area (TPSA) is 63.1 Å². The number of hydrogen-bond acceptors (Lipinski definition) is 3. The van der Waals surface area contributed by atoms with Crippen LogP contribution in [-0.2, 0) is 0 Å². The van der Waals surface area contributed by atoms with Gasteiger partial charge in [-0.3, -0.25) is 0 Å². The van der Waals surface area contributed by atoms with Gasteiger partial charge < -0.3 is 4.98 Å². The third kappa shape index (κ3) is 0.999. The molecule has 0 spiro atoms. The Labute approximate surface area is 84.4 Å². The number of aryl methyl sites for hydroxylation is 1. The van der Waals surface area contributed by atoms with Crippen molar-refractivity contribution in [3.05, 3.63) is 40.6 Å². The van der Waals surface area contributed by atoms with Crippen molar-refractivity contribution in [1.29, 1.82) is 0 Å². The van der Waals surface area contributed by atoms with Crippen LogP contribution in [0, 0.1) is 6.92 Å². The van der Waals surface area contributed by atoms with Crippen LogP contribution in [0.5, 0.6) is 0 Å². The minimum atomic E-state index is -0.354. The lowest BCUT2D eigenvalue weighted by Gasteiger charge is -2.00. The zero-order valence-electron chi connectivity index (χ0n) is 8.06. The molecule has 3 aromatic rings. The first-order chi connectivity index (χ1) is 7.27. The van der Waals surface area contributed by atoms with Gasteiger partial charge in [0.2, 0.25) is 0 Å². The van der Waals surface area contributed by atoms with E-state index in [0.717, 1.165) is 16.5 Å². The van der Waals surface area contributed by atoms with Crippen LogP contribution in [-0.4, -0.2) is 19.6 Å². The van der Waals surface area contributed by atoms with E-state index in [9.17, 15) is 4.79 Å². The van der Waals surface area contributed by atoms with E-state index in [-0.39, 0.29) is 5.69 Å². The molecule has 15 heavy (non-hydrogen) atoms. The fraction of sp³-hybridized carbons (Fsp3) is 0.100. The highest BCUT2D eigenvalue weighted by molar-refractivity contribution is 5.92. The van der Waals surface area contributed by atoms with E-state index in [2.05, 4.69) is 15.1 Å². The number of nitrogens with zero attached hydrogens (tertiary/aromatic N) is 3. The van der Waals surface area contributed by atoms with Gasteiger partial charge in [-0.25, -0.2) is 4.79 Å². The average molecular weight is 200 g/mol. The molecule has 5 heteroatoms. The second kappa shape index (κ2) is 2.66. The van der Waals surface area contributed by atoms with Gasteiger partial charge in [0, 0.05) is 5.39 Å². The van der Waals surface area contributed by atoms with Crippen LogP contribution in [0.1, 0.15) is 5.56 Å². The molecule has 3 rings (SSSR count). The molecule has 0 amide bonds. The number of benzene rings is 1. The van der Waals surface area contributed by atoms with Crippen molar-refractivity contribution in [1.82, 2.24) is 19.6 Å². The molecular formula is C10H8N4O. The molecule has 0 aliphatic heterocycles. The van der Waals surface area contributed by atoms with Crippen LogP contribution in [0.3, 0.4) is 0 Å². The van der Waals surface area contributed by atoms with Gasteiger partial charge in [0.05, 0.1) is 5.52 Å². The Morgan fingerprint density at radius 1 is 1.40 bits per heavy atom. The lowest BCUT2D eigenvalue weighted by molar-refractivity contribution is 0.881. The largest absolute Gasteiger partial charge is 0.370 e. The summed E-state index contributed by atoms with van der Waals surface area (Å²) >= 11 is 0. The van der Waals surface area contributed by atoms with Crippen molar-refractivity contribution in [3.63, 3.8) is 0 Å². The molecule has 0 unspecified atom stereocenters. The first-order valence-corrected chi connectivity index (χ1v) is 4.59. The minimum absolute atomic E-state index is 0.354. The average Bonchev–Trinajstić information content (AvgIpc) is 2.69. The van der Waals surface area contributed by atoms with E-state index in [1.807, 2.05) is 25.1 Å². The Hall–Kier alpha value is -2.17. The third-order valence-electron chi connectivity index (χ3n) is 2.47. The van der Waals surface area contributed by atoms with E-state index in [1.54, 1.807) is 0 Å². The summed E-state index contributed by atoms with van der Waals surface area (Å²) in [5.41, 5.74) is 2.05. The highest BCUT2D eigenvalue weighted by atomic mass is 16.1. The number of rotatable bonds is 0. The van der Waals surface area contributed by atoms with Crippen LogP contribution in [0.2, 0.25) is 0 Å². The maximum atomic E-state index is 11.6. The highest BCUT2D eigenvalue weighted by Crippen LogP contribution is 2.16. The molecular weight excluding hydrogens is 192 g/mol. The van der Waals surface area contributed by atoms with Crippen LogP contribution in [0.15, 0.2) is 29.3 Å². The molecule has 2 heterocycles. The summed E-state index contributed by atoms with van der Waals surface area (Å²) in [6.07, 6.45) is 1.49. The van der Waals surface area contributed by atoms with E-state index >= 15 is 0 Å². The number of H-pyrrole nitrogens is 1. The Kier molecular flexibility index (Phi) is 1.45. The number of para-hydroxylation sites is 1. The molecule has 74 valence electrons. The maximum absolute atomic E-state index is 11.6. The molecule has 0 atom stereocenters. The van der Waals surface area contributed by atoms with Crippen LogP contribution < -0.4 is 5.69 Å². The maximum Gasteiger partial charge on any atom is 0.370 e. The molecule has 0 saturated heterocycles. The first kappa shape index (κ1) is 8.16. The Balaban J connectivity index is 2.72. The second-order valence-corrected chi connectivity index (χ2v) is 3.41. The SMILES string of the molecule is Cc1cccc2c1nc(=O)n1nc[nH]c21. The summed E-state index contributed by atoms with van der Waals surface area (Å²) in [5, 5.41) is 4.79. The van der Waals surface area contributed by atoms with Gasteiger partial charge in [-0.2, -0.15) is 14.6 Å². The second-order valence-electron chi connectivity index (χ2n) is 3.41. The summed E-state index contributed by atoms with van der Waals surface area (Å²) in [6, 6.07) is 5.79. The van der Waals surface area contributed by atoms with Crippen molar-refractivity contribution >= 4 is 16.6 Å². The van der Waals surface area contributed by atoms with Crippen molar-refractivity contribution in [3.8, 4) is 0 Å². The van der Waals surface area contributed by atoms with Gasteiger partial charge in [-0.05, 0) is 18.6 Å². The number of aromatic amines is 1. The smallest absolute Gasteiger partial charge is 0.329 e. The number of fused-ring (bicyclic) bond motifs is 3. The van der Waals surface area contributed by atoms with Crippen molar-refractivity contribution in [2.75, 3.05) is 0 Å². The van der Waals surface area contributed by atoms with Crippen molar-refractivity contribution in [2.45, 2.75) is 6.92 Å². The van der Waals surface area contributed by atoms with Gasteiger partial charge in [-0.1, -0.05) is 12.1 Å². The normalized spacial score (nSPS) is 11.3. The first-order valence-electron chi connectivity index (χ1n) is 4.59. The fourth-order valence-electron chi connectivity index (χ4n) is 1.74. The van der Waals surface area contributed by atoms with Gasteiger partial charge in [0.25, 0.3) is 0 Å². The predicted octanol–water partition coefficient (Wildman–Crippen LogP) is 0.879. The molecule has 1 aromatic carbocycles. The zero-order chi connectivity index (χ0) is 10.4. The number of aromatic nitrogens is 4. The molecule has 0 fully saturated rings. The fourth-order valence-corrected chi connectivity index (χ4v) is 1.74. The van der Waals surface area contributed by atoms with Gasteiger partial charge in [0.15, 0.2) is 0 Å². The van der Waals surface area contributed by atoms with Gasteiger partial charge in [-0.15, -0.1) is 0 Å². The standard InChI is InChI=1S/C10H8N4O/c1-6-3-2-4-7-8(6)13-10(15)14-9(7)11-5-12-14/h2-5H,1H3,(H,11,12). The molecule has 0 aliphatic rings. The lowest BCUT2D eigenvalue weighted by atomic mass is 10.1. The molecule has 0 bridgehead atoms. The molecule has 2 aromatic heterocycles. The van der Waals surface area contributed by atoms with E-state index < -0.39 is 0 Å². The Morgan fingerprint density at radius 2 is 2.27 bits per heavy atom. The van der Waals surface area contributed by atoms with E-state index in [0.29, 0.717) is 5.65 Å². The summed E-state index contributed by atoms with van der Waals surface area (Å²) < 4.78 is 1.27. The van der Waals surface area contributed by atoms with Crippen molar-refractivity contribution < 1.29 is 0 Å². The van der Waals surface area contributed by atoms with Crippen LogP contribution in [0.4, 0.5) is 0 Å². The van der Waals surface area contributed by atoms with E-state index in [1.165, 1.54) is 10.8 Å². The minimum Gasteiger partial charge on any atom is -0.329 e. The molecule has 5 nitrogen and oxygen atoms in total. The Bertz CT molecular complexity index is 710. The molecule has 0 saturated carbocycles. The predicted molar refractivity (Wildman–Crippen MR) is 55.9 cm³/mol. The zero-order valence-corrected chi connectivity index (χ0v) is 8.06. The molecule has 0 aliphatic carbocycles. The van der Waals surface area contributed by atoms with Gasteiger partial charge in [0.1, 0.15) is 12.0 Å². The van der Waals surface area contributed by atoms with Gasteiger partial charge >= 0.3 is 5.69 Å². The van der Waals surface area contributed by atoms with Crippen LogP contribution in [0.25, 0.3) is 16.6 Å². The summed E-state index contributed by atoms with van der Waals surface area (Å²) in [5.74, 6) is 0. The number of hydrogen-bond donors (Lipinski definition) is 1. The van der Waals surface area contributed by atoms with Crippen LogP contribution >= 0.6 is 0 Å². The Morgan fingerprint density at radius 3 is 3.13 bits per heavy atom. The van der Waals surface area contributed by atoms with Crippen molar-refractivity contribution in [2.24, 2.45) is 0 Å². The molecule has 0 radical (unpaired) electrons. The summed E-state index contributed by atoms with van der Waals surface area (Å²) in [7, 11) is 0. The molecule has 1 N–H and O–H groups in total. The quantitative estimate of drug-likeness (QED) is 0.586. The monoisotopic (exact) mass is 200 g/mol. The third-order valence-corrected chi connectivity index (χ3v) is 2.47. The number of nitrogens with one attached hydrogen (secondary N) is 1. The van der Waals surface area contributed by atoms with E-state index in [4.69, 9.17) is 0 Å². The highest BCUT2D eigenvalue weighted by Gasteiger charge is 2.07. The summed E-state index contributed by atoms with van der Waals surface area (Å²) in [6.45, 7) is 1.93.